The molecule has 1 aromatic rings. The summed E-state index contributed by atoms with van der Waals surface area (Å²) in [5.41, 5.74) is 1.33. The van der Waals surface area contributed by atoms with Crippen molar-refractivity contribution in [2.45, 2.75) is 52.4 Å². The van der Waals surface area contributed by atoms with Crippen molar-refractivity contribution in [1.29, 1.82) is 0 Å². The summed E-state index contributed by atoms with van der Waals surface area (Å²) >= 11 is 0. The zero-order chi connectivity index (χ0) is 14.8. The van der Waals surface area contributed by atoms with E-state index in [1.807, 2.05) is 6.07 Å². The number of hydrogen-bond donors (Lipinski definition) is 0. The van der Waals surface area contributed by atoms with Gasteiger partial charge >= 0.3 is 0 Å². The lowest BCUT2D eigenvalue weighted by atomic mass is 9.92. The lowest BCUT2D eigenvalue weighted by molar-refractivity contribution is 0.294. The van der Waals surface area contributed by atoms with Crippen LogP contribution in [0.2, 0.25) is 0 Å². The average molecular weight is 276 g/mol. The van der Waals surface area contributed by atoms with Crippen LogP contribution in [0.4, 0.5) is 0 Å². The third-order valence-electron chi connectivity index (χ3n) is 3.44. The van der Waals surface area contributed by atoms with Crippen molar-refractivity contribution in [2.75, 3.05) is 13.7 Å². The Kier molecular flexibility index (Phi) is 7.86. The van der Waals surface area contributed by atoms with Crippen molar-refractivity contribution in [3.05, 3.63) is 35.9 Å². The van der Waals surface area contributed by atoms with Crippen LogP contribution in [0.5, 0.6) is 11.5 Å². The van der Waals surface area contributed by atoms with Crippen LogP contribution in [0.3, 0.4) is 0 Å². The zero-order valence-electron chi connectivity index (χ0n) is 13.3. The summed E-state index contributed by atoms with van der Waals surface area (Å²) in [6, 6.07) is 6.33. The zero-order valence-corrected chi connectivity index (χ0v) is 13.3. The quantitative estimate of drug-likeness (QED) is 0.567. The highest BCUT2D eigenvalue weighted by Crippen LogP contribution is 2.33. The number of methoxy groups -OCH3 is 1. The molecule has 0 spiro atoms. The molecule has 1 aromatic carbocycles. The van der Waals surface area contributed by atoms with E-state index in [9.17, 15) is 0 Å². The fourth-order valence-electron chi connectivity index (χ4n) is 2.23. The lowest BCUT2D eigenvalue weighted by Crippen LogP contribution is -2.01. The highest BCUT2D eigenvalue weighted by Gasteiger charge is 2.12. The Hall–Kier alpha value is -1.44. The molecular formula is C18H28O2. The van der Waals surface area contributed by atoms with E-state index in [1.54, 1.807) is 7.11 Å². The van der Waals surface area contributed by atoms with Gasteiger partial charge in [0.2, 0.25) is 0 Å². The van der Waals surface area contributed by atoms with Gasteiger partial charge in [-0.1, -0.05) is 39.0 Å². The minimum absolute atomic E-state index is 0.548. The van der Waals surface area contributed by atoms with Crippen molar-refractivity contribution >= 4 is 0 Å². The first-order valence-corrected chi connectivity index (χ1v) is 7.72. The van der Waals surface area contributed by atoms with Crippen molar-refractivity contribution in [3.63, 3.8) is 0 Å². The van der Waals surface area contributed by atoms with Gasteiger partial charge in [-0.25, -0.2) is 0 Å². The summed E-state index contributed by atoms with van der Waals surface area (Å²) in [4.78, 5) is 0. The molecule has 0 heterocycles. The van der Waals surface area contributed by atoms with Gasteiger partial charge in [-0.2, -0.15) is 0 Å². The molecular weight excluding hydrogens is 248 g/mol. The average Bonchev–Trinajstić information content (AvgIpc) is 2.49. The van der Waals surface area contributed by atoms with Crippen molar-refractivity contribution in [1.82, 2.24) is 0 Å². The van der Waals surface area contributed by atoms with Gasteiger partial charge in [-0.05, 0) is 49.3 Å². The maximum absolute atomic E-state index is 5.71. The van der Waals surface area contributed by atoms with Crippen LogP contribution in [-0.4, -0.2) is 13.7 Å². The van der Waals surface area contributed by atoms with Gasteiger partial charge in [-0.3, -0.25) is 0 Å². The van der Waals surface area contributed by atoms with Crippen LogP contribution in [-0.2, 0) is 0 Å². The Labute approximate surface area is 123 Å². The molecule has 0 bridgehead atoms. The Morgan fingerprint density at radius 3 is 2.50 bits per heavy atom. The number of allylic oxidation sites excluding steroid dienone is 2. The minimum Gasteiger partial charge on any atom is -0.493 e. The normalized spacial score (nSPS) is 12.6. The van der Waals surface area contributed by atoms with Crippen molar-refractivity contribution < 1.29 is 9.47 Å². The summed E-state index contributed by atoms with van der Waals surface area (Å²) in [6.45, 7) is 7.24. The molecule has 0 amide bonds. The molecule has 0 fully saturated rings. The summed E-state index contributed by atoms with van der Waals surface area (Å²) in [6.07, 6.45) is 8.84. The number of ether oxygens (including phenoxy) is 2. The molecule has 1 rings (SSSR count). The van der Waals surface area contributed by atoms with Crippen molar-refractivity contribution in [3.8, 4) is 11.5 Å². The third-order valence-corrected chi connectivity index (χ3v) is 3.44. The van der Waals surface area contributed by atoms with E-state index in [2.05, 4.69) is 45.1 Å². The Balaban J connectivity index is 2.85. The second-order valence-corrected chi connectivity index (χ2v) is 4.98. The van der Waals surface area contributed by atoms with Gasteiger partial charge in [0.25, 0.3) is 0 Å². The molecule has 1 atom stereocenters. The number of hydrogen-bond acceptors (Lipinski definition) is 2. The van der Waals surface area contributed by atoms with E-state index in [1.165, 1.54) is 5.56 Å². The van der Waals surface area contributed by atoms with E-state index in [4.69, 9.17) is 9.47 Å². The van der Waals surface area contributed by atoms with E-state index >= 15 is 0 Å². The third kappa shape index (κ3) is 4.92. The Bertz CT molecular complexity index is 410. The van der Waals surface area contributed by atoms with Gasteiger partial charge in [0.15, 0.2) is 11.5 Å². The number of benzene rings is 1. The molecule has 0 aromatic heterocycles. The maximum atomic E-state index is 5.71. The fourth-order valence-corrected chi connectivity index (χ4v) is 2.23. The largest absolute Gasteiger partial charge is 0.493 e. The van der Waals surface area contributed by atoms with Crippen molar-refractivity contribution in [2.24, 2.45) is 0 Å². The summed E-state index contributed by atoms with van der Waals surface area (Å²) in [5, 5.41) is 0. The molecule has 112 valence electrons. The van der Waals surface area contributed by atoms with Gasteiger partial charge in [-0.15, -0.1) is 0 Å². The maximum Gasteiger partial charge on any atom is 0.161 e. The molecule has 0 N–H and O–H groups in total. The van der Waals surface area contributed by atoms with Gasteiger partial charge in [0.05, 0.1) is 13.7 Å². The number of rotatable bonds is 9. The first kappa shape index (κ1) is 16.6. The second-order valence-electron chi connectivity index (χ2n) is 4.98. The monoisotopic (exact) mass is 276 g/mol. The molecule has 2 heteroatoms. The molecule has 0 radical (unpaired) electrons. The molecule has 20 heavy (non-hydrogen) atoms. The van der Waals surface area contributed by atoms with Crippen LogP contribution in [0.1, 0.15) is 57.9 Å². The van der Waals surface area contributed by atoms with Crippen LogP contribution >= 0.6 is 0 Å². The molecule has 0 aliphatic heterocycles. The van der Waals surface area contributed by atoms with E-state index < -0.39 is 0 Å². The topological polar surface area (TPSA) is 18.5 Å². The van der Waals surface area contributed by atoms with E-state index in [0.717, 1.165) is 43.8 Å². The smallest absolute Gasteiger partial charge is 0.161 e. The molecule has 1 unspecified atom stereocenters. The van der Waals surface area contributed by atoms with Crippen LogP contribution < -0.4 is 9.47 Å². The van der Waals surface area contributed by atoms with Gasteiger partial charge < -0.3 is 9.47 Å². The summed E-state index contributed by atoms with van der Waals surface area (Å²) < 4.78 is 11.2. The molecule has 0 aliphatic carbocycles. The molecule has 0 saturated carbocycles. The second kappa shape index (κ2) is 9.46. The lowest BCUT2D eigenvalue weighted by Gasteiger charge is -2.16. The van der Waals surface area contributed by atoms with E-state index in [0.29, 0.717) is 5.92 Å². The first-order chi connectivity index (χ1) is 9.76. The fraction of sp³-hybridized carbons (Fsp3) is 0.556. The molecule has 2 nitrogen and oxygen atoms in total. The predicted octanol–water partition coefficient (Wildman–Crippen LogP) is 5.33. The SMILES string of the molecule is CC/C=C\CC(CC)c1ccc(OCCC)c(OC)c1. The van der Waals surface area contributed by atoms with Crippen LogP contribution in [0, 0.1) is 0 Å². The first-order valence-electron chi connectivity index (χ1n) is 7.72. The minimum atomic E-state index is 0.548. The van der Waals surface area contributed by atoms with E-state index in [-0.39, 0.29) is 0 Å². The van der Waals surface area contributed by atoms with Gasteiger partial charge in [0.1, 0.15) is 0 Å². The molecule has 0 aliphatic rings. The van der Waals surface area contributed by atoms with Gasteiger partial charge in [0, 0.05) is 0 Å². The van der Waals surface area contributed by atoms with Crippen LogP contribution in [0.25, 0.3) is 0 Å². The Morgan fingerprint density at radius 2 is 1.90 bits per heavy atom. The predicted molar refractivity (Wildman–Crippen MR) is 85.9 cm³/mol. The summed E-state index contributed by atoms with van der Waals surface area (Å²) in [7, 11) is 1.70. The Morgan fingerprint density at radius 1 is 1.10 bits per heavy atom. The summed E-state index contributed by atoms with van der Waals surface area (Å²) in [5.74, 6) is 2.23. The highest BCUT2D eigenvalue weighted by atomic mass is 16.5. The van der Waals surface area contributed by atoms with Crippen LogP contribution in [0.15, 0.2) is 30.4 Å². The molecule has 0 saturated heterocycles. The standard InChI is InChI=1S/C18H28O2/c1-5-8-9-10-15(7-3)16-11-12-17(20-13-6-2)18(14-16)19-4/h8-9,11-12,14-15H,5-7,10,13H2,1-4H3/b9-8-. The highest BCUT2D eigenvalue weighted by molar-refractivity contribution is 5.44.